The molecule has 3 unspecified atom stereocenters. The first kappa shape index (κ1) is 17.2. The van der Waals surface area contributed by atoms with Gasteiger partial charge < -0.3 is 10.2 Å². The number of halogens is 1. The normalized spacial score (nSPS) is 25.7. The second-order valence-electron chi connectivity index (χ2n) is 7.21. The molecule has 1 fully saturated rings. The van der Waals surface area contributed by atoms with E-state index < -0.39 is 24.0 Å². The van der Waals surface area contributed by atoms with E-state index in [4.69, 9.17) is 0 Å². The van der Waals surface area contributed by atoms with Gasteiger partial charge >= 0.3 is 6.03 Å². The molecular weight excluding hydrogens is 422 g/mol. The molecule has 0 radical (unpaired) electrons. The molecule has 140 valence electrons. The van der Waals surface area contributed by atoms with Crippen molar-refractivity contribution in [1.29, 1.82) is 0 Å². The van der Waals surface area contributed by atoms with Crippen molar-refractivity contribution < 1.29 is 14.4 Å². The summed E-state index contributed by atoms with van der Waals surface area (Å²) in [4.78, 5) is 39.9. The monoisotopic (exact) mass is 437 g/mol. The van der Waals surface area contributed by atoms with Crippen LogP contribution in [0.25, 0.3) is 5.70 Å². The fourth-order valence-electron chi connectivity index (χ4n) is 4.43. The maximum absolute atomic E-state index is 13.3. The van der Waals surface area contributed by atoms with Gasteiger partial charge in [-0.15, -0.1) is 0 Å². The van der Waals surface area contributed by atoms with Gasteiger partial charge in [0.1, 0.15) is 6.17 Å². The number of hydrogen-bond acceptors (Lipinski definition) is 4. The van der Waals surface area contributed by atoms with Gasteiger partial charge in [-0.1, -0.05) is 52.3 Å². The number of amides is 3. The highest BCUT2D eigenvalue weighted by Gasteiger charge is 2.52. The second kappa shape index (κ2) is 6.04. The average molecular weight is 438 g/mol. The molecule has 1 saturated heterocycles. The molecule has 3 amide bonds. The van der Waals surface area contributed by atoms with Crippen molar-refractivity contribution in [2.75, 3.05) is 7.05 Å². The van der Waals surface area contributed by atoms with Gasteiger partial charge in [-0.2, -0.15) is 0 Å². The summed E-state index contributed by atoms with van der Waals surface area (Å²) in [6.07, 6.45) is -0.535. The van der Waals surface area contributed by atoms with Crippen LogP contribution in [0.5, 0.6) is 0 Å². The summed E-state index contributed by atoms with van der Waals surface area (Å²) in [6.45, 7) is 0. The number of fused-ring (bicyclic) bond motifs is 3. The molecule has 0 bridgehead atoms. The van der Waals surface area contributed by atoms with E-state index in [1.54, 1.807) is 13.1 Å². The minimum Gasteiger partial charge on any atom is -0.364 e. The molecule has 2 aromatic carbocycles. The molecule has 0 aromatic heterocycles. The van der Waals surface area contributed by atoms with E-state index >= 15 is 0 Å². The maximum atomic E-state index is 13.3. The number of carbonyl (C=O) groups is 3. The van der Waals surface area contributed by atoms with Gasteiger partial charge in [0.05, 0.1) is 11.6 Å². The number of hydrogen-bond donors (Lipinski definition) is 2. The lowest BCUT2D eigenvalue weighted by atomic mass is 9.73. The average Bonchev–Trinajstić information content (AvgIpc) is 2.98. The molecule has 5 rings (SSSR count). The van der Waals surface area contributed by atoms with Crippen molar-refractivity contribution in [1.82, 2.24) is 15.5 Å². The quantitative estimate of drug-likeness (QED) is 0.718. The Balaban J connectivity index is 1.74. The maximum Gasteiger partial charge on any atom is 0.325 e. The van der Waals surface area contributed by atoms with E-state index in [-0.39, 0.29) is 11.7 Å². The van der Waals surface area contributed by atoms with Crippen molar-refractivity contribution in [2.24, 2.45) is 5.92 Å². The fourth-order valence-corrected chi connectivity index (χ4v) is 4.70. The number of Topliss-reactive ketones (excluding diaryl/α,β-unsaturated/α-hetero) is 1. The summed E-state index contributed by atoms with van der Waals surface area (Å²) in [7, 11) is 1.65. The lowest BCUT2D eigenvalue weighted by Gasteiger charge is -2.45. The Labute approximate surface area is 169 Å². The molecule has 2 N–H and O–H groups in total. The topological polar surface area (TPSA) is 78.5 Å². The number of urea groups is 1. The number of imide groups is 1. The van der Waals surface area contributed by atoms with Crippen LogP contribution in [-0.2, 0) is 4.79 Å². The number of carbonyl (C=O) groups excluding carboxylic acids is 3. The van der Waals surface area contributed by atoms with Crippen LogP contribution in [0.3, 0.4) is 0 Å². The first-order valence-electron chi connectivity index (χ1n) is 8.95. The first-order chi connectivity index (χ1) is 13.5. The standard InChI is InChI=1S/C21H16BrN3O3/c1-25-19-16(20(27)24-21(25)28)14(10-6-8-11(22)9-7-10)15-17(23-19)12-4-2-3-5-13(12)18(15)26/h2-9,14,16,19,23H,1H3,(H,24,27,28). The van der Waals surface area contributed by atoms with Crippen LogP contribution in [0, 0.1) is 5.92 Å². The summed E-state index contributed by atoms with van der Waals surface area (Å²) in [5.41, 5.74) is 3.60. The molecule has 0 saturated carbocycles. The molecule has 2 aliphatic heterocycles. The summed E-state index contributed by atoms with van der Waals surface area (Å²) in [6, 6.07) is 14.6. The predicted octanol–water partition coefficient (Wildman–Crippen LogP) is 2.87. The highest BCUT2D eigenvalue weighted by Crippen LogP contribution is 2.48. The van der Waals surface area contributed by atoms with E-state index in [2.05, 4.69) is 26.6 Å². The molecule has 7 heteroatoms. The van der Waals surface area contributed by atoms with Crippen molar-refractivity contribution in [3.8, 4) is 0 Å². The number of rotatable bonds is 1. The SMILES string of the molecule is CN1C(=O)NC(=O)C2C(c3ccc(Br)cc3)C3=C(NC21)c1ccccc1C3=O. The van der Waals surface area contributed by atoms with E-state index in [9.17, 15) is 14.4 Å². The smallest absolute Gasteiger partial charge is 0.325 e. The molecule has 2 aromatic rings. The van der Waals surface area contributed by atoms with E-state index in [0.717, 1.165) is 15.6 Å². The third-order valence-electron chi connectivity index (χ3n) is 5.76. The summed E-state index contributed by atoms with van der Waals surface area (Å²) in [5.74, 6) is -1.51. The third kappa shape index (κ3) is 2.29. The van der Waals surface area contributed by atoms with Crippen LogP contribution in [0.4, 0.5) is 4.79 Å². The van der Waals surface area contributed by atoms with Crippen LogP contribution in [-0.4, -0.2) is 35.8 Å². The first-order valence-corrected chi connectivity index (χ1v) is 9.74. The van der Waals surface area contributed by atoms with E-state index in [1.165, 1.54) is 4.90 Å². The molecular formula is C21H16BrN3O3. The summed E-state index contributed by atoms with van der Waals surface area (Å²) < 4.78 is 0.914. The van der Waals surface area contributed by atoms with Crippen LogP contribution >= 0.6 is 15.9 Å². The Morgan fingerprint density at radius 3 is 2.36 bits per heavy atom. The van der Waals surface area contributed by atoms with Gasteiger partial charge in [0.15, 0.2) is 5.78 Å². The predicted molar refractivity (Wildman–Crippen MR) is 106 cm³/mol. The summed E-state index contributed by atoms with van der Waals surface area (Å²) in [5, 5.41) is 5.74. The Morgan fingerprint density at radius 2 is 1.64 bits per heavy atom. The van der Waals surface area contributed by atoms with Gasteiger partial charge in [-0.25, -0.2) is 4.79 Å². The zero-order valence-electron chi connectivity index (χ0n) is 14.9. The van der Waals surface area contributed by atoms with Crippen LogP contribution in [0.15, 0.2) is 58.6 Å². The van der Waals surface area contributed by atoms with Crippen LogP contribution < -0.4 is 10.6 Å². The van der Waals surface area contributed by atoms with Gasteiger partial charge in [-0.05, 0) is 17.7 Å². The van der Waals surface area contributed by atoms with Crippen LogP contribution in [0.1, 0.15) is 27.4 Å². The van der Waals surface area contributed by atoms with Crippen molar-refractivity contribution in [2.45, 2.75) is 12.1 Å². The summed E-state index contributed by atoms with van der Waals surface area (Å²) >= 11 is 3.44. The Hall–Kier alpha value is -2.93. The molecule has 3 atom stereocenters. The van der Waals surface area contributed by atoms with Gasteiger partial charge in [0.2, 0.25) is 5.91 Å². The van der Waals surface area contributed by atoms with Gasteiger partial charge in [-0.3, -0.25) is 14.9 Å². The van der Waals surface area contributed by atoms with Gasteiger partial charge in [0, 0.05) is 34.1 Å². The van der Waals surface area contributed by atoms with Gasteiger partial charge in [0.25, 0.3) is 0 Å². The number of benzene rings is 2. The Morgan fingerprint density at radius 1 is 0.964 bits per heavy atom. The van der Waals surface area contributed by atoms with Crippen molar-refractivity contribution >= 4 is 39.3 Å². The second-order valence-corrected chi connectivity index (χ2v) is 8.13. The fraction of sp³-hybridized carbons (Fsp3) is 0.190. The Bertz CT molecular complexity index is 1080. The molecule has 1 aliphatic carbocycles. The third-order valence-corrected chi connectivity index (χ3v) is 6.29. The van der Waals surface area contributed by atoms with Crippen molar-refractivity contribution in [3.63, 3.8) is 0 Å². The molecule has 6 nitrogen and oxygen atoms in total. The largest absolute Gasteiger partial charge is 0.364 e. The number of nitrogens with zero attached hydrogens (tertiary/aromatic N) is 1. The highest BCUT2D eigenvalue weighted by molar-refractivity contribution is 9.10. The zero-order valence-corrected chi connectivity index (χ0v) is 16.5. The molecule has 0 spiro atoms. The molecule has 28 heavy (non-hydrogen) atoms. The zero-order chi connectivity index (χ0) is 19.6. The van der Waals surface area contributed by atoms with Crippen LogP contribution in [0.2, 0.25) is 0 Å². The minimum atomic E-state index is -0.610. The van der Waals surface area contributed by atoms with E-state index in [1.807, 2.05) is 42.5 Å². The van der Waals surface area contributed by atoms with E-state index in [0.29, 0.717) is 16.8 Å². The Kier molecular flexibility index (Phi) is 3.71. The highest BCUT2D eigenvalue weighted by atomic mass is 79.9. The lowest BCUT2D eigenvalue weighted by Crippen LogP contribution is -2.66. The number of allylic oxidation sites excluding steroid dienone is 1. The molecule has 2 heterocycles. The lowest BCUT2D eigenvalue weighted by molar-refractivity contribution is -0.129. The number of ketones is 1. The minimum absolute atomic E-state index is 0.0724. The number of nitrogens with one attached hydrogen (secondary N) is 2. The molecule has 3 aliphatic rings. The van der Waals surface area contributed by atoms with Crippen molar-refractivity contribution in [3.05, 3.63) is 75.3 Å².